The van der Waals surface area contributed by atoms with Gasteiger partial charge in [0, 0.05) is 52.1 Å². The molecule has 0 aromatic heterocycles. The lowest BCUT2D eigenvalue weighted by atomic mass is 9.99. The van der Waals surface area contributed by atoms with Crippen LogP contribution in [0, 0.1) is 5.92 Å². The maximum atomic E-state index is 13.2. The number of carbonyl (C=O) groups excluding carboxylic acids is 4. The molecule has 4 amide bonds. The average Bonchev–Trinajstić information content (AvgIpc) is 3.64. The number of rotatable bonds is 28. The lowest BCUT2D eigenvalue weighted by molar-refractivity contribution is -0.301. The Morgan fingerprint density at radius 2 is 1.15 bits per heavy atom. The minimum absolute atomic E-state index is 0.0200. The third-order valence-corrected chi connectivity index (χ3v) is 11.3. The fraction of sp³-hybridized carbons (Fsp3) is 0.900. The molecule has 10 unspecified atom stereocenters. The Bertz CT molecular complexity index is 1300. The van der Waals surface area contributed by atoms with Crippen molar-refractivity contribution in [2.45, 2.75) is 170 Å². The molecule has 3 rings (SSSR count). The van der Waals surface area contributed by atoms with E-state index in [0.717, 1.165) is 6.42 Å². The Morgan fingerprint density at radius 3 is 1.70 bits per heavy atom. The van der Waals surface area contributed by atoms with E-state index in [2.05, 4.69) is 22.9 Å². The molecule has 0 spiro atoms. The van der Waals surface area contributed by atoms with Gasteiger partial charge < -0.3 is 85.8 Å². The number of aliphatic hydroxyl groups excluding tert-OH is 9. The number of hydrogen-bond acceptors (Lipinski definition) is 17. The molecule has 12 N–H and O–H groups in total. The molecule has 0 bridgehead atoms. The van der Waals surface area contributed by atoms with Gasteiger partial charge in [0.2, 0.25) is 23.6 Å². The monoisotopic (exact) mass is 880 g/mol. The number of carbonyl (C=O) groups is 4. The summed E-state index contributed by atoms with van der Waals surface area (Å²) in [5, 5.41) is 96.6. The van der Waals surface area contributed by atoms with Gasteiger partial charge in [-0.3, -0.25) is 19.2 Å². The number of amides is 4. The van der Waals surface area contributed by atoms with Crippen LogP contribution in [0.25, 0.3) is 0 Å². The number of likely N-dealkylation sites (tertiary alicyclic amines) is 1. The van der Waals surface area contributed by atoms with Crippen LogP contribution in [0.2, 0.25) is 0 Å². The van der Waals surface area contributed by atoms with E-state index in [-0.39, 0.29) is 62.3 Å². The molecule has 0 aliphatic carbocycles. The summed E-state index contributed by atoms with van der Waals surface area (Å²) in [6.45, 7) is 2.33. The summed E-state index contributed by atoms with van der Waals surface area (Å²) in [7, 11) is 0. The summed E-state index contributed by atoms with van der Waals surface area (Å²) in [5.41, 5.74) is 0. The van der Waals surface area contributed by atoms with Gasteiger partial charge in [-0.2, -0.15) is 0 Å². The minimum atomic E-state index is -1.57. The van der Waals surface area contributed by atoms with Gasteiger partial charge in [-0.05, 0) is 70.1 Å². The molecule has 3 saturated heterocycles. The molecular formula is C40H72N4O17. The van der Waals surface area contributed by atoms with E-state index < -0.39 is 80.7 Å². The highest BCUT2D eigenvalue weighted by atomic mass is 16.7. The second-order valence-electron chi connectivity index (χ2n) is 16.3. The van der Waals surface area contributed by atoms with Crippen LogP contribution < -0.4 is 16.0 Å². The largest absolute Gasteiger partial charge is 0.394 e. The van der Waals surface area contributed by atoms with Gasteiger partial charge in [0.05, 0.1) is 25.9 Å². The summed E-state index contributed by atoms with van der Waals surface area (Å²) in [6.07, 6.45) is -7.49. The zero-order valence-corrected chi connectivity index (χ0v) is 35.3. The molecule has 61 heavy (non-hydrogen) atoms. The number of unbranched alkanes of at least 4 members (excludes halogenated alkanes) is 5. The van der Waals surface area contributed by atoms with Crippen molar-refractivity contribution in [2.75, 3.05) is 52.7 Å². The van der Waals surface area contributed by atoms with Crippen LogP contribution in [-0.2, 0) is 38.1 Å². The van der Waals surface area contributed by atoms with Crippen LogP contribution in [-0.4, -0.2) is 201 Å². The van der Waals surface area contributed by atoms with Crippen LogP contribution in [0.15, 0.2) is 0 Å². The maximum absolute atomic E-state index is 13.2. The van der Waals surface area contributed by atoms with Crippen molar-refractivity contribution < 1.29 is 84.1 Å². The summed E-state index contributed by atoms with van der Waals surface area (Å²) in [5.74, 6) is -0.554. The molecule has 3 heterocycles. The predicted octanol–water partition coefficient (Wildman–Crippen LogP) is -3.36. The Kier molecular flexibility index (Phi) is 24.4. The van der Waals surface area contributed by atoms with Crippen LogP contribution in [0.5, 0.6) is 0 Å². The van der Waals surface area contributed by atoms with Gasteiger partial charge in [-0.25, -0.2) is 0 Å². The molecule has 0 saturated carbocycles. The second kappa shape index (κ2) is 28.2. The van der Waals surface area contributed by atoms with E-state index in [0.29, 0.717) is 96.2 Å². The molecule has 3 aliphatic heterocycles. The number of aliphatic hydroxyl groups is 9. The van der Waals surface area contributed by atoms with Crippen molar-refractivity contribution >= 4 is 23.6 Å². The Labute approximate surface area is 357 Å². The number of nitrogens with one attached hydrogen (secondary N) is 3. The number of nitrogens with zero attached hydrogens (tertiary/aromatic N) is 1. The maximum Gasteiger partial charge on any atom is 0.242 e. The van der Waals surface area contributed by atoms with Crippen molar-refractivity contribution in [3.05, 3.63) is 0 Å². The van der Waals surface area contributed by atoms with E-state index in [4.69, 9.17) is 18.9 Å². The first-order valence-electron chi connectivity index (χ1n) is 21.8. The molecule has 3 fully saturated rings. The Balaban J connectivity index is 1.36. The van der Waals surface area contributed by atoms with Crippen LogP contribution in [0.3, 0.4) is 0 Å². The summed E-state index contributed by atoms with van der Waals surface area (Å²) >= 11 is 0. The highest BCUT2D eigenvalue weighted by Crippen LogP contribution is 2.25. The normalized spacial score (nSPS) is 30.8. The third-order valence-electron chi connectivity index (χ3n) is 11.3. The fourth-order valence-electron chi connectivity index (χ4n) is 7.60. The van der Waals surface area contributed by atoms with Crippen molar-refractivity contribution in [3.63, 3.8) is 0 Å². The molecule has 13 atom stereocenters. The van der Waals surface area contributed by atoms with Crippen molar-refractivity contribution in [1.29, 1.82) is 0 Å². The van der Waals surface area contributed by atoms with Gasteiger partial charge in [-0.15, -0.1) is 0 Å². The van der Waals surface area contributed by atoms with Gasteiger partial charge in [0.1, 0.15) is 54.9 Å². The lowest BCUT2D eigenvalue weighted by Crippen LogP contribution is -2.59. The van der Waals surface area contributed by atoms with E-state index in [9.17, 15) is 65.1 Å². The van der Waals surface area contributed by atoms with Crippen LogP contribution in [0.1, 0.15) is 96.8 Å². The molecule has 21 heteroatoms. The molecule has 0 aromatic rings. The molecule has 3 aliphatic rings. The third kappa shape index (κ3) is 17.5. The standard InChI is InChI=1S/C40H72N4O17/c1-24-19-25(21-45)44(20-24)31(50)14-3-2-7-16-42-38(57)26(43-30(49)13-6-10-18-59-40-37(56)35(54)33(52)28(23-47)61-40)11-4-8-15-41-29(48)12-5-9-17-58-39-36(55)34(53)32(51)27(22-46)60-39/h24-28,32-37,39-40,45-47,51-56H,2-23H2,1H3,(H,41,48)(H,42,57)(H,43,49)/t24-,25+,26-,27?,28?,32?,33?,34?,35?,36?,37?,39?,40?/m1/s1. The predicted molar refractivity (Wildman–Crippen MR) is 214 cm³/mol. The van der Waals surface area contributed by atoms with Crippen LogP contribution in [0.4, 0.5) is 0 Å². The quantitative estimate of drug-likeness (QED) is 0.0342. The first kappa shape index (κ1) is 52.7. The summed E-state index contributed by atoms with van der Waals surface area (Å²) < 4.78 is 21.6. The van der Waals surface area contributed by atoms with Gasteiger partial charge in [0.25, 0.3) is 0 Å². The number of hydrogen-bond donors (Lipinski definition) is 12. The van der Waals surface area contributed by atoms with Gasteiger partial charge in [-0.1, -0.05) is 13.3 Å². The van der Waals surface area contributed by atoms with Gasteiger partial charge in [0.15, 0.2) is 12.6 Å². The lowest BCUT2D eigenvalue weighted by Gasteiger charge is -2.39. The molecule has 21 nitrogen and oxygen atoms in total. The first-order chi connectivity index (χ1) is 29.2. The zero-order chi connectivity index (χ0) is 44.9. The van der Waals surface area contributed by atoms with Gasteiger partial charge >= 0.3 is 0 Å². The Morgan fingerprint density at radius 1 is 0.623 bits per heavy atom. The van der Waals surface area contributed by atoms with E-state index in [1.165, 1.54) is 0 Å². The summed E-state index contributed by atoms with van der Waals surface area (Å²) in [4.78, 5) is 53.0. The highest BCUT2D eigenvalue weighted by Gasteiger charge is 2.45. The molecule has 354 valence electrons. The highest BCUT2D eigenvalue weighted by molar-refractivity contribution is 5.87. The zero-order valence-electron chi connectivity index (χ0n) is 35.3. The summed E-state index contributed by atoms with van der Waals surface area (Å²) in [6, 6.07) is -0.977. The van der Waals surface area contributed by atoms with E-state index >= 15 is 0 Å². The van der Waals surface area contributed by atoms with E-state index in [1.54, 1.807) is 4.90 Å². The minimum Gasteiger partial charge on any atom is -0.394 e. The second-order valence-corrected chi connectivity index (χ2v) is 16.3. The fourth-order valence-corrected chi connectivity index (χ4v) is 7.60. The van der Waals surface area contributed by atoms with Crippen molar-refractivity contribution in [1.82, 2.24) is 20.9 Å². The smallest absolute Gasteiger partial charge is 0.242 e. The van der Waals surface area contributed by atoms with Crippen LogP contribution >= 0.6 is 0 Å². The van der Waals surface area contributed by atoms with E-state index in [1.807, 2.05) is 0 Å². The first-order valence-corrected chi connectivity index (χ1v) is 21.8. The SMILES string of the molecule is C[C@@H]1C[C@@H](CO)N(C(=O)CCCCCNC(=O)[C@@H](CCCCNC(=O)CCCCOC2OC(CO)C(O)C(O)C2O)NC(=O)CCCCOC2OC(CO)C(O)C(O)C2O)C1. The Hall–Kier alpha value is -2.64. The van der Waals surface area contributed by atoms with Crippen molar-refractivity contribution in [3.8, 4) is 0 Å². The molecular weight excluding hydrogens is 808 g/mol. The van der Waals surface area contributed by atoms with Crippen molar-refractivity contribution in [2.24, 2.45) is 5.92 Å². The molecule has 0 radical (unpaired) electrons. The molecule has 0 aromatic carbocycles. The number of ether oxygens (including phenoxy) is 4. The topological polar surface area (TPSA) is 327 Å². The average molecular weight is 881 g/mol.